The van der Waals surface area contributed by atoms with Gasteiger partial charge in [0.05, 0.1) is 36.5 Å². The van der Waals surface area contributed by atoms with Crippen LogP contribution in [0.25, 0.3) is 0 Å². The first-order valence-corrected chi connectivity index (χ1v) is 11.6. The number of morpholine rings is 1. The van der Waals surface area contributed by atoms with Gasteiger partial charge in [-0.2, -0.15) is 4.99 Å². The minimum Gasteiger partial charge on any atom is -0.405 e. The van der Waals surface area contributed by atoms with Crippen molar-refractivity contribution < 1.29 is 18.7 Å². The molecule has 2 aliphatic heterocycles. The number of ether oxygens (including phenoxy) is 2. The molecule has 1 atom stereocenters. The summed E-state index contributed by atoms with van der Waals surface area (Å²) >= 11 is 0. The van der Waals surface area contributed by atoms with E-state index in [0.29, 0.717) is 43.4 Å². The molecule has 0 bridgehead atoms. The number of rotatable bonds is 4. The van der Waals surface area contributed by atoms with Crippen LogP contribution >= 0.6 is 0 Å². The fraction of sp³-hybridized carbons (Fsp3) is 0.192. The minimum absolute atomic E-state index is 0.0904. The first-order valence-electron chi connectivity index (χ1n) is 11.6. The number of nitrogens with one attached hydrogen (secondary N) is 2. The number of amides is 1. The normalized spacial score (nSPS) is 17.8. The molecule has 0 spiro atoms. The van der Waals surface area contributed by atoms with Gasteiger partial charge in [0.15, 0.2) is 0 Å². The van der Waals surface area contributed by atoms with E-state index < -0.39 is 29.8 Å². The van der Waals surface area contributed by atoms with E-state index in [1.54, 1.807) is 6.07 Å². The van der Waals surface area contributed by atoms with Gasteiger partial charge < -0.3 is 25.4 Å². The van der Waals surface area contributed by atoms with E-state index in [-0.39, 0.29) is 5.69 Å². The highest BCUT2D eigenvalue weighted by Crippen LogP contribution is 2.25. The lowest BCUT2D eigenvalue weighted by molar-refractivity contribution is -0.117. The Morgan fingerprint density at radius 1 is 1.16 bits per heavy atom. The summed E-state index contributed by atoms with van der Waals surface area (Å²) in [6, 6.07) is 17.5. The molecule has 11 heteroatoms. The zero-order chi connectivity index (χ0) is 25.8. The van der Waals surface area contributed by atoms with Crippen molar-refractivity contribution in [1.29, 1.82) is 5.41 Å². The molecule has 0 saturated carbocycles. The predicted octanol–water partition coefficient (Wildman–Crippen LogP) is 2.53. The van der Waals surface area contributed by atoms with Gasteiger partial charge in [-0.15, -0.1) is 0 Å². The highest BCUT2D eigenvalue weighted by molar-refractivity contribution is 6.19. The Bertz CT molecular complexity index is 1390. The number of carbonyl (C=O) groups excluding carboxylic acids is 1. The Hall–Kier alpha value is -4.64. The number of aliphatic imine (C=N–C) groups is 2. The highest BCUT2D eigenvalue weighted by Gasteiger charge is 2.27. The van der Waals surface area contributed by atoms with E-state index in [2.05, 4.69) is 20.3 Å². The molecule has 0 radical (unpaired) electrons. The van der Waals surface area contributed by atoms with Gasteiger partial charge in [0.25, 0.3) is 11.9 Å². The van der Waals surface area contributed by atoms with Gasteiger partial charge in [-0.25, -0.2) is 14.4 Å². The summed E-state index contributed by atoms with van der Waals surface area (Å²) in [7, 11) is 0. The summed E-state index contributed by atoms with van der Waals surface area (Å²) in [4.78, 5) is 27.6. The number of benzodiazepines with no additional fused rings is 1. The number of para-hydroxylation sites is 1. The summed E-state index contributed by atoms with van der Waals surface area (Å²) in [6.07, 6.45) is -0.271. The quantitative estimate of drug-likeness (QED) is 0.371. The Morgan fingerprint density at radius 3 is 2.68 bits per heavy atom. The van der Waals surface area contributed by atoms with Gasteiger partial charge >= 0.3 is 0 Å². The van der Waals surface area contributed by atoms with E-state index in [1.807, 2.05) is 53.4 Å². The van der Waals surface area contributed by atoms with Crippen LogP contribution in [0.1, 0.15) is 16.8 Å². The largest absolute Gasteiger partial charge is 0.405 e. The summed E-state index contributed by atoms with van der Waals surface area (Å²) in [5, 5.41) is 11.2. The van der Waals surface area contributed by atoms with Crippen molar-refractivity contribution in [3.63, 3.8) is 0 Å². The minimum atomic E-state index is -1.27. The van der Waals surface area contributed by atoms with Gasteiger partial charge in [0.1, 0.15) is 11.5 Å². The van der Waals surface area contributed by atoms with Crippen molar-refractivity contribution in [3.05, 3.63) is 89.5 Å². The molecule has 1 aromatic heterocycles. The van der Waals surface area contributed by atoms with Crippen molar-refractivity contribution >= 4 is 34.9 Å². The fourth-order valence-electron chi connectivity index (χ4n) is 4.11. The number of pyridine rings is 1. The summed E-state index contributed by atoms with van der Waals surface area (Å²) < 4.78 is 24.8. The lowest BCUT2D eigenvalue weighted by Crippen LogP contribution is -2.37. The molecular formula is C26H24FN7O3. The zero-order valence-corrected chi connectivity index (χ0v) is 19.7. The van der Waals surface area contributed by atoms with Crippen LogP contribution in [0.15, 0.2) is 76.8 Å². The molecule has 1 amide bonds. The van der Waals surface area contributed by atoms with E-state index in [0.717, 1.165) is 17.3 Å². The van der Waals surface area contributed by atoms with Crippen LogP contribution in [-0.4, -0.2) is 61.0 Å². The molecule has 188 valence electrons. The second-order valence-electron chi connectivity index (χ2n) is 8.27. The van der Waals surface area contributed by atoms with Crippen LogP contribution in [0.2, 0.25) is 0 Å². The molecule has 37 heavy (non-hydrogen) atoms. The van der Waals surface area contributed by atoms with Gasteiger partial charge in [-0.3, -0.25) is 10.2 Å². The van der Waals surface area contributed by atoms with Crippen LogP contribution in [0.5, 0.6) is 0 Å². The Labute approximate surface area is 212 Å². The first kappa shape index (κ1) is 24.1. The van der Waals surface area contributed by atoms with Crippen molar-refractivity contribution in [3.8, 4) is 0 Å². The lowest BCUT2D eigenvalue weighted by atomic mass is 10.0. The second kappa shape index (κ2) is 10.5. The van der Waals surface area contributed by atoms with Crippen molar-refractivity contribution in [2.24, 2.45) is 15.7 Å². The molecule has 2 aliphatic rings. The molecule has 3 aromatic rings. The van der Waals surface area contributed by atoms with Crippen molar-refractivity contribution in [2.75, 3.05) is 36.5 Å². The molecule has 5 rings (SSSR count). The molecule has 10 nitrogen and oxygen atoms in total. The van der Waals surface area contributed by atoms with Crippen LogP contribution < -0.4 is 16.0 Å². The monoisotopic (exact) mass is 501 g/mol. The third-order valence-electron chi connectivity index (χ3n) is 5.83. The molecule has 1 saturated heterocycles. The van der Waals surface area contributed by atoms with E-state index in [9.17, 15) is 9.18 Å². The molecule has 1 fully saturated rings. The molecular weight excluding hydrogens is 477 g/mol. The zero-order valence-electron chi connectivity index (χ0n) is 19.7. The van der Waals surface area contributed by atoms with Gasteiger partial charge in [0.2, 0.25) is 12.1 Å². The van der Waals surface area contributed by atoms with Crippen molar-refractivity contribution in [2.45, 2.75) is 6.17 Å². The number of hydrogen-bond acceptors (Lipinski definition) is 8. The number of amidine groups is 1. The maximum Gasteiger partial charge on any atom is 0.291 e. The smallest absolute Gasteiger partial charge is 0.291 e. The Morgan fingerprint density at radius 2 is 1.89 bits per heavy atom. The van der Waals surface area contributed by atoms with Crippen LogP contribution in [0.3, 0.4) is 0 Å². The van der Waals surface area contributed by atoms with E-state index in [4.69, 9.17) is 20.6 Å². The SMILES string of the molecule is N=C(O/C(N)=N/[C@H]1N=C(c2ccccc2)c2ccccc2NC1=O)c1ncc(F)cc1N1CCOCC1. The highest BCUT2D eigenvalue weighted by atomic mass is 19.1. The first-order chi connectivity index (χ1) is 18.0. The maximum absolute atomic E-state index is 14.0. The summed E-state index contributed by atoms with van der Waals surface area (Å²) in [5.74, 6) is -1.49. The van der Waals surface area contributed by atoms with Crippen LogP contribution in [-0.2, 0) is 14.3 Å². The van der Waals surface area contributed by atoms with Crippen molar-refractivity contribution in [1.82, 2.24) is 4.98 Å². The second-order valence-corrected chi connectivity index (χ2v) is 8.27. The maximum atomic E-state index is 14.0. The standard InChI is InChI=1S/C26H24FN7O3/c27-17-14-20(34-10-12-36-13-11-34)22(30-15-17)23(28)37-26(29)33-24-25(35)31-19-9-5-4-8-18(19)21(32-24)16-6-2-1-3-7-16/h1-9,14-15,24,28H,10-13H2,(H2,29,33)(H,31,35)/t24-/m1/s1. The average molecular weight is 502 g/mol. The summed E-state index contributed by atoms with van der Waals surface area (Å²) in [5.41, 5.74) is 9.15. The van der Waals surface area contributed by atoms with Gasteiger partial charge in [-0.1, -0.05) is 48.5 Å². The van der Waals surface area contributed by atoms with E-state index in [1.165, 1.54) is 6.07 Å². The average Bonchev–Trinajstić information content (AvgIpc) is 3.05. The third kappa shape index (κ3) is 5.31. The molecule has 0 aliphatic carbocycles. The molecule has 4 N–H and O–H groups in total. The number of aromatic nitrogens is 1. The van der Waals surface area contributed by atoms with E-state index >= 15 is 0 Å². The topological polar surface area (TPSA) is 138 Å². The molecule has 2 aromatic carbocycles. The number of nitrogens with two attached hydrogens (primary N) is 1. The number of carbonyl (C=O) groups is 1. The van der Waals surface area contributed by atoms with Gasteiger partial charge in [0, 0.05) is 30.3 Å². The number of anilines is 2. The Balaban J connectivity index is 1.44. The molecule has 3 heterocycles. The summed E-state index contributed by atoms with van der Waals surface area (Å²) in [6.45, 7) is 1.95. The fourth-order valence-corrected chi connectivity index (χ4v) is 4.11. The number of halogens is 1. The third-order valence-corrected chi connectivity index (χ3v) is 5.83. The Kier molecular flexibility index (Phi) is 6.86. The van der Waals surface area contributed by atoms with Gasteiger partial charge in [-0.05, 0) is 6.07 Å². The predicted molar refractivity (Wildman–Crippen MR) is 138 cm³/mol. The van der Waals surface area contributed by atoms with Crippen LogP contribution in [0, 0.1) is 11.2 Å². The number of benzene rings is 2. The molecule has 0 unspecified atom stereocenters. The lowest BCUT2D eigenvalue weighted by Gasteiger charge is -2.29. The number of nitrogens with zero attached hydrogens (tertiary/aromatic N) is 4. The number of hydrogen-bond donors (Lipinski definition) is 3. The number of fused-ring (bicyclic) bond motifs is 1. The van der Waals surface area contributed by atoms with Crippen LogP contribution in [0.4, 0.5) is 15.8 Å².